The van der Waals surface area contributed by atoms with Crippen molar-refractivity contribution >= 4 is 5.71 Å². The standard InChI is InChI=1S/C22H20N2O2/c1-2-5-18(6-3-1)16-25-21-10-8-17(9-11-21)13-20-14-22(26-24-20)19-7-4-12-23-15-19/h1-12,15,22H,13-14,16H2. The molecule has 26 heavy (non-hydrogen) atoms. The molecular formula is C22H20N2O2. The van der Waals surface area contributed by atoms with Gasteiger partial charge >= 0.3 is 0 Å². The SMILES string of the molecule is c1ccc(COc2ccc(CC3=NOC(c4cccnc4)C3)cc2)cc1. The molecule has 1 aliphatic heterocycles. The highest BCUT2D eigenvalue weighted by molar-refractivity contribution is 5.87. The van der Waals surface area contributed by atoms with Crippen LogP contribution in [0, 0.1) is 0 Å². The van der Waals surface area contributed by atoms with E-state index in [0.29, 0.717) is 6.61 Å². The van der Waals surface area contributed by atoms with Crippen molar-refractivity contribution in [3.63, 3.8) is 0 Å². The van der Waals surface area contributed by atoms with Crippen LogP contribution >= 0.6 is 0 Å². The molecule has 4 rings (SSSR count). The van der Waals surface area contributed by atoms with Gasteiger partial charge in [-0.2, -0.15) is 0 Å². The second kappa shape index (κ2) is 7.83. The molecule has 1 aliphatic rings. The molecule has 0 spiro atoms. The molecule has 0 saturated heterocycles. The first-order chi connectivity index (χ1) is 12.9. The first kappa shape index (κ1) is 16.3. The highest BCUT2D eigenvalue weighted by Gasteiger charge is 2.22. The Bertz CT molecular complexity index is 862. The summed E-state index contributed by atoms with van der Waals surface area (Å²) in [5.74, 6) is 0.871. The maximum atomic E-state index is 5.83. The average molecular weight is 344 g/mol. The van der Waals surface area contributed by atoms with Gasteiger partial charge in [0.05, 0.1) is 5.71 Å². The lowest BCUT2D eigenvalue weighted by molar-refractivity contribution is 0.0854. The zero-order chi connectivity index (χ0) is 17.6. The van der Waals surface area contributed by atoms with Crippen molar-refractivity contribution in [2.45, 2.75) is 25.6 Å². The molecule has 0 saturated carbocycles. The van der Waals surface area contributed by atoms with Crippen molar-refractivity contribution in [1.29, 1.82) is 0 Å². The normalized spacial score (nSPS) is 16.0. The Hall–Kier alpha value is -3.14. The third kappa shape index (κ3) is 4.09. The minimum absolute atomic E-state index is 0.0211. The molecule has 1 atom stereocenters. The Kier molecular flexibility index (Phi) is 4.92. The lowest BCUT2D eigenvalue weighted by Gasteiger charge is -2.08. The fraction of sp³-hybridized carbons (Fsp3) is 0.182. The van der Waals surface area contributed by atoms with Crippen LogP contribution < -0.4 is 4.74 Å². The molecule has 0 amide bonds. The summed E-state index contributed by atoms with van der Waals surface area (Å²) >= 11 is 0. The first-order valence-corrected chi connectivity index (χ1v) is 8.74. The van der Waals surface area contributed by atoms with Crippen LogP contribution in [0.25, 0.3) is 0 Å². The molecule has 3 aromatic rings. The van der Waals surface area contributed by atoms with Gasteiger partial charge in [-0.15, -0.1) is 0 Å². The summed E-state index contributed by atoms with van der Waals surface area (Å²) in [6.45, 7) is 0.577. The van der Waals surface area contributed by atoms with Crippen LogP contribution in [0.4, 0.5) is 0 Å². The van der Waals surface area contributed by atoms with Crippen LogP contribution in [0.2, 0.25) is 0 Å². The van der Waals surface area contributed by atoms with Crippen LogP contribution in [-0.2, 0) is 17.9 Å². The highest BCUT2D eigenvalue weighted by atomic mass is 16.6. The summed E-state index contributed by atoms with van der Waals surface area (Å²) < 4.78 is 5.83. The Labute approximate surface area is 153 Å². The smallest absolute Gasteiger partial charge is 0.159 e. The van der Waals surface area contributed by atoms with Crippen LogP contribution in [0.1, 0.15) is 29.2 Å². The van der Waals surface area contributed by atoms with Gasteiger partial charge in [0, 0.05) is 30.8 Å². The van der Waals surface area contributed by atoms with E-state index in [1.165, 1.54) is 5.56 Å². The summed E-state index contributed by atoms with van der Waals surface area (Å²) in [6.07, 6.45) is 5.17. The van der Waals surface area contributed by atoms with Gasteiger partial charge < -0.3 is 9.57 Å². The number of hydrogen-bond acceptors (Lipinski definition) is 4. The van der Waals surface area contributed by atoms with E-state index in [9.17, 15) is 0 Å². The van der Waals surface area contributed by atoms with Crippen LogP contribution in [0.5, 0.6) is 5.75 Å². The van der Waals surface area contributed by atoms with Gasteiger partial charge in [-0.05, 0) is 29.3 Å². The molecule has 2 heterocycles. The molecule has 2 aromatic carbocycles. The molecule has 0 radical (unpaired) electrons. The Balaban J connectivity index is 1.30. The molecule has 0 fully saturated rings. The highest BCUT2D eigenvalue weighted by Crippen LogP contribution is 2.28. The Morgan fingerprint density at radius 3 is 2.54 bits per heavy atom. The van der Waals surface area contributed by atoms with Gasteiger partial charge in [-0.3, -0.25) is 4.98 Å². The van der Waals surface area contributed by atoms with Gasteiger partial charge in [-0.1, -0.05) is 53.7 Å². The molecule has 1 aromatic heterocycles. The predicted molar refractivity (Wildman–Crippen MR) is 101 cm³/mol. The number of ether oxygens (including phenoxy) is 1. The van der Waals surface area contributed by atoms with Gasteiger partial charge in [0.1, 0.15) is 12.4 Å². The summed E-state index contributed by atoms with van der Waals surface area (Å²) in [4.78, 5) is 9.70. The van der Waals surface area contributed by atoms with Crippen molar-refractivity contribution in [3.8, 4) is 5.75 Å². The molecule has 4 heteroatoms. The second-order valence-electron chi connectivity index (χ2n) is 6.34. The lowest BCUT2D eigenvalue weighted by atomic mass is 10.0. The summed E-state index contributed by atoms with van der Waals surface area (Å²) in [5.41, 5.74) is 4.48. The van der Waals surface area contributed by atoms with E-state index in [1.54, 1.807) is 6.20 Å². The maximum Gasteiger partial charge on any atom is 0.159 e. The topological polar surface area (TPSA) is 43.7 Å². The van der Waals surface area contributed by atoms with Crippen molar-refractivity contribution in [2.75, 3.05) is 0 Å². The monoisotopic (exact) mass is 344 g/mol. The number of oxime groups is 1. The summed E-state index contributed by atoms with van der Waals surface area (Å²) in [6, 6.07) is 22.3. The number of aromatic nitrogens is 1. The van der Waals surface area contributed by atoms with Crippen molar-refractivity contribution in [2.24, 2.45) is 5.16 Å². The van der Waals surface area contributed by atoms with Crippen molar-refractivity contribution in [1.82, 2.24) is 4.98 Å². The summed E-state index contributed by atoms with van der Waals surface area (Å²) in [5, 5.41) is 4.24. The van der Waals surface area contributed by atoms with E-state index in [1.807, 2.05) is 48.7 Å². The third-order valence-electron chi connectivity index (χ3n) is 4.37. The minimum atomic E-state index is -0.0211. The Morgan fingerprint density at radius 2 is 1.77 bits per heavy atom. The van der Waals surface area contributed by atoms with Gasteiger partial charge in [0.25, 0.3) is 0 Å². The van der Waals surface area contributed by atoms with Gasteiger partial charge in [0.15, 0.2) is 6.10 Å². The first-order valence-electron chi connectivity index (χ1n) is 8.74. The molecule has 4 nitrogen and oxygen atoms in total. The van der Waals surface area contributed by atoms with Crippen LogP contribution in [0.3, 0.4) is 0 Å². The number of benzene rings is 2. The van der Waals surface area contributed by atoms with Gasteiger partial charge in [0.2, 0.25) is 0 Å². The molecular weight excluding hydrogens is 324 g/mol. The van der Waals surface area contributed by atoms with Crippen LogP contribution in [0.15, 0.2) is 84.3 Å². The molecule has 0 aliphatic carbocycles. The van der Waals surface area contributed by atoms with E-state index in [2.05, 4.69) is 34.4 Å². The van der Waals surface area contributed by atoms with Crippen molar-refractivity contribution in [3.05, 3.63) is 95.8 Å². The lowest BCUT2D eigenvalue weighted by Crippen LogP contribution is -2.03. The Morgan fingerprint density at radius 1 is 0.923 bits per heavy atom. The fourth-order valence-electron chi connectivity index (χ4n) is 2.96. The molecule has 0 bridgehead atoms. The zero-order valence-electron chi connectivity index (χ0n) is 14.4. The quantitative estimate of drug-likeness (QED) is 0.650. The average Bonchev–Trinajstić information content (AvgIpc) is 3.17. The maximum absolute atomic E-state index is 5.83. The second-order valence-corrected chi connectivity index (χ2v) is 6.34. The van der Waals surface area contributed by atoms with Crippen LogP contribution in [-0.4, -0.2) is 10.7 Å². The number of rotatable bonds is 6. The van der Waals surface area contributed by atoms with E-state index in [-0.39, 0.29) is 6.10 Å². The largest absolute Gasteiger partial charge is 0.489 e. The molecule has 130 valence electrons. The van der Waals surface area contributed by atoms with Gasteiger partial charge in [-0.25, -0.2) is 0 Å². The van der Waals surface area contributed by atoms with E-state index in [0.717, 1.165) is 35.4 Å². The van der Waals surface area contributed by atoms with E-state index in [4.69, 9.17) is 9.57 Å². The number of hydrogen-bond donors (Lipinski definition) is 0. The minimum Gasteiger partial charge on any atom is -0.489 e. The predicted octanol–water partition coefficient (Wildman–Crippen LogP) is 4.72. The third-order valence-corrected chi connectivity index (χ3v) is 4.37. The number of nitrogens with zero attached hydrogens (tertiary/aromatic N) is 2. The summed E-state index contributed by atoms with van der Waals surface area (Å²) in [7, 11) is 0. The van der Waals surface area contributed by atoms with E-state index >= 15 is 0 Å². The molecule has 1 unspecified atom stereocenters. The fourth-order valence-corrected chi connectivity index (χ4v) is 2.96. The number of pyridine rings is 1. The van der Waals surface area contributed by atoms with Crippen molar-refractivity contribution < 1.29 is 9.57 Å². The molecule has 0 N–H and O–H groups in total. The van der Waals surface area contributed by atoms with E-state index < -0.39 is 0 Å². The zero-order valence-corrected chi connectivity index (χ0v) is 14.4.